The molecule has 7 aromatic carbocycles. The van der Waals surface area contributed by atoms with Crippen molar-refractivity contribution in [2.45, 2.75) is 0 Å². The molecule has 0 spiro atoms. The van der Waals surface area contributed by atoms with Gasteiger partial charge in [-0.3, -0.25) is 0 Å². The molecule has 0 saturated heterocycles. The summed E-state index contributed by atoms with van der Waals surface area (Å²) in [5.74, 6) is 0.702. The Morgan fingerprint density at radius 3 is 1.82 bits per heavy atom. The van der Waals surface area contributed by atoms with Crippen molar-refractivity contribution in [1.82, 2.24) is 9.97 Å². The Bertz CT molecular complexity index is 3150. The average molecular weight is 687 g/mol. The summed E-state index contributed by atoms with van der Waals surface area (Å²) in [6, 6.07) is 56.0. The lowest BCUT2D eigenvalue weighted by molar-refractivity contribution is 0.669. The van der Waals surface area contributed by atoms with Gasteiger partial charge in [-0.25, -0.2) is 9.97 Å². The molecule has 0 fully saturated rings. The van der Waals surface area contributed by atoms with Crippen LogP contribution in [0.15, 0.2) is 162 Å². The summed E-state index contributed by atoms with van der Waals surface area (Å²) in [7, 11) is 0. The zero-order valence-electron chi connectivity index (χ0n) is 27.1. The Hall–Kier alpha value is -6.14. The number of furan rings is 1. The van der Waals surface area contributed by atoms with E-state index in [9.17, 15) is 0 Å². The maximum Gasteiger partial charge on any atom is 0.160 e. The van der Waals surface area contributed by atoms with Gasteiger partial charge < -0.3 is 4.42 Å². The van der Waals surface area contributed by atoms with Crippen LogP contribution >= 0.6 is 22.7 Å². The zero-order valence-corrected chi connectivity index (χ0v) is 28.8. The van der Waals surface area contributed by atoms with E-state index in [0.717, 1.165) is 50.0 Å². The molecule has 0 saturated carbocycles. The number of para-hydroxylation sites is 1. The Labute approximate surface area is 300 Å². The molecule has 0 N–H and O–H groups in total. The van der Waals surface area contributed by atoms with E-state index >= 15 is 0 Å². The highest BCUT2D eigenvalue weighted by molar-refractivity contribution is 7.26. The van der Waals surface area contributed by atoms with Gasteiger partial charge in [-0.2, -0.15) is 0 Å². The standard InChI is InChI=1S/C46H26N2OS2/c1-2-10-27(11-3-1)35-23-30(25-44-45(35)34-14-6-9-17-42(34)51-44)46-47-37(28-19-21-40-36(22-28)31-12-4-7-15-39(31)49-40)26-38(48-46)29-18-20-33-32-13-5-8-16-41(32)50-43(33)24-29/h1-26H. The first-order valence-electron chi connectivity index (χ1n) is 17.0. The summed E-state index contributed by atoms with van der Waals surface area (Å²) in [6.45, 7) is 0. The summed E-state index contributed by atoms with van der Waals surface area (Å²) >= 11 is 3.65. The molecule has 11 aromatic rings. The molecular weight excluding hydrogens is 661 g/mol. The van der Waals surface area contributed by atoms with Gasteiger partial charge in [0, 0.05) is 67.8 Å². The summed E-state index contributed by atoms with van der Waals surface area (Å²) in [4.78, 5) is 10.7. The largest absolute Gasteiger partial charge is 0.456 e. The topological polar surface area (TPSA) is 38.9 Å². The van der Waals surface area contributed by atoms with Crippen molar-refractivity contribution in [1.29, 1.82) is 0 Å². The first kappa shape index (κ1) is 28.7. The monoisotopic (exact) mass is 686 g/mol. The molecule has 0 unspecified atom stereocenters. The quantitative estimate of drug-likeness (QED) is 0.185. The highest BCUT2D eigenvalue weighted by Crippen LogP contribution is 2.43. The van der Waals surface area contributed by atoms with Crippen LogP contribution in [0.3, 0.4) is 0 Å². The molecule has 0 radical (unpaired) electrons. The van der Waals surface area contributed by atoms with Crippen LogP contribution in [0, 0.1) is 0 Å². The Morgan fingerprint density at radius 2 is 0.980 bits per heavy atom. The van der Waals surface area contributed by atoms with Crippen LogP contribution < -0.4 is 0 Å². The van der Waals surface area contributed by atoms with Gasteiger partial charge in [-0.05, 0) is 71.8 Å². The van der Waals surface area contributed by atoms with Crippen molar-refractivity contribution in [3.8, 4) is 45.0 Å². The molecule has 238 valence electrons. The maximum atomic E-state index is 6.19. The van der Waals surface area contributed by atoms with Gasteiger partial charge in [0.2, 0.25) is 0 Å². The van der Waals surface area contributed by atoms with E-state index in [1.54, 1.807) is 0 Å². The maximum absolute atomic E-state index is 6.19. The Kier molecular flexibility index (Phi) is 6.29. The van der Waals surface area contributed by atoms with Crippen LogP contribution in [-0.2, 0) is 0 Å². The first-order chi connectivity index (χ1) is 25.2. The second-order valence-corrected chi connectivity index (χ2v) is 15.1. The van der Waals surface area contributed by atoms with Crippen LogP contribution in [0.5, 0.6) is 0 Å². The minimum absolute atomic E-state index is 0.702. The molecule has 5 heteroatoms. The summed E-state index contributed by atoms with van der Waals surface area (Å²) in [5.41, 5.74) is 8.97. The fourth-order valence-corrected chi connectivity index (χ4v) is 9.79. The van der Waals surface area contributed by atoms with E-state index in [-0.39, 0.29) is 0 Å². The number of thiophene rings is 2. The van der Waals surface area contributed by atoms with Crippen molar-refractivity contribution < 1.29 is 4.42 Å². The summed E-state index contributed by atoms with van der Waals surface area (Å²) in [6.07, 6.45) is 0. The second-order valence-electron chi connectivity index (χ2n) is 12.9. The number of rotatable bonds is 4. The lowest BCUT2D eigenvalue weighted by atomic mass is 9.96. The molecule has 0 amide bonds. The van der Waals surface area contributed by atoms with E-state index in [4.69, 9.17) is 14.4 Å². The van der Waals surface area contributed by atoms with E-state index in [0.29, 0.717) is 5.82 Å². The number of nitrogens with zero attached hydrogens (tertiary/aromatic N) is 2. The van der Waals surface area contributed by atoms with E-state index in [2.05, 4.69) is 146 Å². The molecule has 4 heterocycles. The predicted octanol–water partition coefficient (Wildman–Crippen LogP) is 13.8. The molecule has 0 atom stereocenters. The molecular formula is C46H26N2OS2. The van der Waals surface area contributed by atoms with Crippen LogP contribution in [0.1, 0.15) is 0 Å². The van der Waals surface area contributed by atoms with Crippen molar-refractivity contribution >= 4 is 85.0 Å². The smallest absolute Gasteiger partial charge is 0.160 e. The van der Waals surface area contributed by atoms with Crippen LogP contribution in [-0.4, -0.2) is 9.97 Å². The second kappa shape index (κ2) is 11.2. The fraction of sp³-hybridized carbons (Fsp3) is 0. The van der Waals surface area contributed by atoms with Crippen LogP contribution in [0.25, 0.3) is 107 Å². The zero-order chi connectivity index (χ0) is 33.5. The Morgan fingerprint density at radius 1 is 0.373 bits per heavy atom. The molecule has 0 aliphatic rings. The minimum atomic E-state index is 0.702. The van der Waals surface area contributed by atoms with Crippen LogP contribution in [0.4, 0.5) is 0 Å². The van der Waals surface area contributed by atoms with Crippen molar-refractivity contribution in [3.63, 3.8) is 0 Å². The van der Waals surface area contributed by atoms with E-state index in [1.165, 1.54) is 51.5 Å². The van der Waals surface area contributed by atoms with Gasteiger partial charge in [-0.1, -0.05) is 97.1 Å². The van der Waals surface area contributed by atoms with Gasteiger partial charge in [0.25, 0.3) is 0 Å². The number of benzene rings is 7. The van der Waals surface area contributed by atoms with Gasteiger partial charge in [0.1, 0.15) is 11.2 Å². The first-order valence-corrected chi connectivity index (χ1v) is 18.6. The summed E-state index contributed by atoms with van der Waals surface area (Å²) < 4.78 is 11.2. The number of hydrogen-bond acceptors (Lipinski definition) is 5. The third-order valence-electron chi connectivity index (χ3n) is 9.89. The normalized spacial score (nSPS) is 11.9. The molecule has 4 aromatic heterocycles. The predicted molar refractivity (Wildman–Crippen MR) is 217 cm³/mol. The number of fused-ring (bicyclic) bond motifs is 9. The van der Waals surface area contributed by atoms with Gasteiger partial charge in [0.15, 0.2) is 5.82 Å². The molecule has 3 nitrogen and oxygen atoms in total. The van der Waals surface area contributed by atoms with Gasteiger partial charge in [-0.15, -0.1) is 22.7 Å². The highest BCUT2D eigenvalue weighted by atomic mass is 32.1. The molecule has 0 bridgehead atoms. The molecule has 11 rings (SSSR count). The molecule has 0 aliphatic carbocycles. The van der Waals surface area contributed by atoms with Gasteiger partial charge in [0.05, 0.1) is 11.4 Å². The average Bonchev–Trinajstić information content (AvgIpc) is 3.88. The van der Waals surface area contributed by atoms with Crippen molar-refractivity contribution in [2.24, 2.45) is 0 Å². The lowest BCUT2D eigenvalue weighted by Gasteiger charge is -2.12. The summed E-state index contributed by atoms with van der Waals surface area (Å²) in [5, 5.41) is 7.29. The minimum Gasteiger partial charge on any atom is -0.456 e. The van der Waals surface area contributed by atoms with Crippen molar-refractivity contribution in [2.75, 3.05) is 0 Å². The molecule has 51 heavy (non-hydrogen) atoms. The Balaban J connectivity index is 1.17. The lowest BCUT2D eigenvalue weighted by Crippen LogP contribution is -1.96. The van der Waals surface area contributed by atoms with Crippen molar-refractivity contribution in [3.05, 3.63) is 158 Å². The van der Waals surface area contributed by atoms with E-state index < -0.39 is 0 Å². The number of hydrogen-bond donors (Lipinski definition) is 0. The fourth-order valence-electron chi connectivity index (χ4n) is 7.47. The highest BCUT2D eigenvalue weighted by Gasteiger charge is 2.18. The van der Waals surface area contributed by atoms with E-state index in [1.807, 2.05) is 34.8 Å². The molecule has 0 aliphatic heterocycles. The van der Waals surface area contributed by atoms with Crippen LogP contribution in [0.2, 0.25) is 0 Å². The SMILES string of the molecule is c1ccc(-c2cc(-c3nc(-c4ccc5c(c4)sc4ccccc45)cc(-c4ccc5oc6ccccc6c5c4)n3)cc3sc4ccccc4c23)cc1. The third kappa shape index (κ3) is 4.63. The third-order valence-corrected chi connectivity index (χ3v) is 12.1. The number of aromatic nitrogens is 2. The van der Waals surface area contributed by atoms with Gasteiger partial charge >= 0.3 is 0 Å².